The van der Waals surface area contributed by atoms with Gasteiger partial charge in [-0.05, 0) is 5.23 Å². The van der Waals surface area contributed by atoms with Crippen LogP contribution in [0.5, 0.6) is 0 Å². The third kappa shape index (κ3) is 1.59. The van der Waals surface area contributed by atoms with E-state index in [2.05, 4.69) is 5.73 Å². The molecule has 8 heteroatoms. The SMILES string of the molecule is NC(O)(O)C(O)(O)N(O)O. The van der Waals surface area contributed by atoms with E-state index in [1.54, 1.807) is 0 Å². The van der Waals surface area contributed by atoms with Crippen molar-refractivity contribution in [1.29, 1.82) is 0 Å². The highest BCUT2D eigenvalue weighted by atomic mass is 16.9. The molecule has 0 unspecified atom stereocenters. The molecule has 0 aliphatic heterocycles. The standard InChI is InChI=1S/C2H8N2O6/c3-1(5,6)2(7,8)4(9)10/h5-10H,3H2. The van der Waals surface area contributed by atoms with E-state index in [1.807, 2.05) is 0 Å². The first-order valence-corrected chi connectivity index (χ1v) is 2.06. The molecule has 0 aromatic carbocycles. The molecule has 0 fully saturated rings. The van der Waals surface area contributed by atoms with Crippen LogP contribution < -0.4 is 5.73 Å². The summed E-state index contributed by atoms with van der Waals surface area (Å²) in [5.41, 5.74) is 4.26. The Morgan fingerprint density at radius 3 is 1.30 bits per heavy atom. The molecule has 0 aromatic heterocycles. The summed E-state index contributed by atoms with van der Waals surface area (Å²) in [5, 5.41) is 47.5. The minimum atomic E-state index is -3.73. The molecular weight excluding hydrogens is 148 g/mol. The van der Waals surface area contributed by atoms with Crippen LogP contribution in [0, 0.1) is 0 Å². The fourth-order valence-electron chi connectivity index (χ4n) is 0.147. The van der Waals surface area contributed by atoms with Crippen LogP contribution in [-0.2, 0) is 0 Å². The van der Waals surface area contributed by atoms with Crippen molar-refractivity contribution < 1.29 is 30.8 Å². The van der Waals surface area contributed by atoms with Gasteiger partial charge in [0.15, 0.2) is 0 Å². The first-order valence-electron chi connectivity index (χ1n) is 2.06. The molecule has 0 saturated carbocycles. The van der Waals surface area contributed by atoms with Gasteiger partial charge in [-0.3, -0.25) is 16.1 Å². The van der Waals surface area contributed by atoms with Crippen LogP contribution in [0.2, 0.25) is 0 Å². The second kappa shape index (κ2) is 2.38. The minimum absolute atomic E-state index is 1.24. The smallest absolute Gasteiger partial charge is 0.343 e. The lowest BCUT2D eigenvalue weighted by molar-refractivity contribution is -0.536. The topological polar surface area (TPSA) is 151 Å². The highest BCUT2D eigenvalue weighted by Gasteiger charge is 2.50. The molecule has 10 heavy (non-hydrogen) atoms. The van der Waals surface area contributed by atoms with Gasteiger partial charge in [0.25, 0.3) is 5.91 Å². The van der Waals surface area contributed by atoms with E-state index >= 15 is 0 Å². The van der Waals surface area contributed by atoms with E-state index in [0.29, 0.717) is 0 Å². The van der Waals surface area contributed by atoms with Crippen molar-refractivity contribution in [3.05, 3.63) is 0 Å². The van der Waals surface area contributed by atoms with Gasteiger partial charge >= 0.3 is 5.91 Å². The Morgan fingerprint density at radius 1 is 1.00 bits per heavy atom. The monoisotopic (exact) mass is 156 g/mol. The van der Waals surface area contributed by atoms with Gasteiger partial charge in [0.05, 0.1) is 0 Å². The molecule has 62 valence electrons. The Balaban J connectivity index is 4.40. The summed E-state index contributed by atoms with van der Waals surface area (Å²) in [4.78, 5) is 0. The quantitative estimate of drug-likeness (QED) is 0.159. The van der Waals surface area contributed by atoms with Gasteiger partial charge in [-0.2, -0.15) is 0 Å². The first-order chi connectivity index (χ1) is 4.19. The van der Waals surface area contributed by atoms with Crippen molar-refractivity contribution in [1.82, 2.24) is 5.23 Å². The van der Waals surface area contributed by atoms with E-state index in [0.717, 1.165) is 0 Å². The molecular formula is C2H8N2O6. The Hall–Kier alpha value is -0.320. The van der Waals surface area contributed by atoms with Crippen LogP contribution in [0.1, 0.15) is 0 Å². The molecule has 0 amide bonds. The van der Waals surface area contributed by atoms with E-state index in [4.69, 9.17) is 30.8 Å². The number of hydrogen-bond donors (Lipinski definition) is 7. The number of hydroxylamine groups is 2. The molecule has 0 aromatic rings. The van der Waals surface area contributed by atoms with Crippen molar-refractivity contribution in [2.45, 2.75) is 11.8 Å². The molecule has 8 nitrogen and oxygen atoms in total. The summed E-state index contributed by atoms with van der Waals surface area (Å²) in [7, 11) is 0. The van der Waals surface area contributed by atoms with Gasteiger partial charge in [-0.1, -0.05) is 0 Å². The number of hydrogen-bond acceptors (Lipinski definition) is 8. The van der Waals surface area contributed by atoms with Gasteiger partial charge in [-0.25, -0.2) is 0 Å². The zero-order valence-corrected chi connectivity index (χ0v) is 4.71. The fraction of sp³-hybridized carbons (Fsp3) is 1.00. The normalized spacial score (nSPS) is 14.4. The Kier molecular flexibility index (Phi) is 2.30. The van der Waals surface area contributed by atoms with Gasteiger partial charge in [0.1, 0.15) is 0 Å². The maximum absolute atomic E-state index is 8.28. The van der Waals surface area contributed by atoms with Crippen LogP contribution in [0.4, 0.5) is 0 Å². The molecule has 0 aliphatic rings. The Morgan fingerprint density at radius 2 is 1.30 bits per heavy atom. The van der Waals surface area contributed by atoms with Crippen LogP contribution >= 0.6 is 0 Å². The third-order valence-electron chi connectivity index (χ3n) is 0.773. The molecule has 0 heterocycles. The molecule has 0 spiro atoms. The zero-order chi connectivity index (χ0) is 8.58. The van der Waals surface area contributed by atoms with E-state index in [1.165, 1.54) is 0 Å². The lowest BCUT2D eigenvalue weighted by atomic mass is 10.4. The lowest BCUT2D eigenvalue weighted by Crippen LogP contribution is -2.67. The molecule has 0 rings (SSSR count). The predicted molar refractivity (Wildman–Crippen MR) is 23.9 cm³/mol. The highest BCUT2D eigenvalue weighted by molar-refractivity contribution is 4.68. The number of nitrogens with zero attached hydrogens (tertiary/aromatic N) is 1. The maximum atomic E-state index is 8.28. The van der Waals surface area contributed by atoms with Crippen molar-refractivity contribution >= 4 is 0 Å². The third-order valence-corrected chi connectivity index (χ3v) is 0.773. The van der Waals surface area contributed by atoms with E-state index in [-0.39, 0.29) is 0 Å². The van der Waals surface area contributed by atoms with Gasteiger partial charge in [-0.15, -0.1) is 0 Å². The summed E-state index contributed by atoms with van der Waals surface area (Å²) in [6, 6.07) is 0. The van der Waals surface area contributed by atoms with Crippen molar-refractivity contribution in [3.8, 4) is 0 Å². The second-order valence-corrected chi connectivity index (χ2v) is 1.65. The predicted octanol–water partition coefficient (Wildman–Crippen LogP) is -3.70. The van der Waals surface area contributed by atoms with E-state index < -0.39 is 17.0 Å². The zero-order valence-electron chi connectivity index (χ0n) is 4.71. The molecule has 0 radical (unpaired) electrons. The number of aliphatic hydroxyl groups is 4. The summed E-state index contributed by atoms with van der Waals surface area (Å²) < 4.78 is 0. The fourth-order valence-corrected chi connectivity index (χ4v) is 0.147. The van der Waals surface area contributed by atoms with Crippen molar-refractivity contribution in [2.75, 3.05) is 0 Å². The lowest BCUT2D eigenvalue weighted by Gasteiger charge is -2.32. The Bertz CT molecular complexity index is 115. The number of nitrogens with two attached hydrogens (primary N) is 1. The highest BCUT2D eigenvalue weighted by Crippen LogP contribution is 2.12. The first kappa shape index (κ1) is 9.68. The Labute approximate surface area is 54.9 Å². The molecule has 0 bridgehead atoms. The largest absolute Gasteiger partial charge is 0.348 e. The minimum Gasteiger partial charge on any atom is -0.348 e. The summed E-state index contributed by atoms with van der Waals surface area (Å²) in [6.07, 6.45) is 0. The van der Waals surface area contributed by atoms with Crippen molar-refractivity contribution in [2.24, 2.45) is 5.73 Å². The van der Waals surface area contributed by atoms with Crippen LogP contribution in [-0.4, -0.2) is 47.9 Å². The van der Waals surface area contributed by atoms with Gasteiger partial charge in [0, 0.05) is 0 Å². The maximum Gasteiger partial charge on any atom is 0.343 e. The van der Waals surface area contributed by atoms with Crippen molar-refractivity contribution in [3.63, 3.8) is 0 Å². The van der Waals surface area contributed by atoms with E-state index in [9.17, 15) is 0 Å². The second-order valence-electron chi connectivity index (χ2n) is 1.65. The molecule has 0 atom stereocenters. The summed E-state index contributed by atoms with van der Waals surface area (Å²) in [6.45, 7) is 0. The summed E-state index contributed by atoms with van der Waals surface area (Å²) in [5.74, 6) is -7.27. The van der Waals surface area contributed by atoms with Gasteiger partial charge in [0.2, 0.25) is 0 Å². The summed E-state index contributed by atoms with van der Waals surface area (Å²) >= 11 is 0. The van der Waals surface area contributed by atoms with Crippen LogP contribution in [0.15, 0.2) is 0 Å². The van der Waals surface area contributed by atoms with Crippen LogP contribution in [0.25, 0.3) is 0 Å². The average Bonchev–Trinajstić information content (AvgIpc) is 1.62. The molecule has 0 aliphatic carbocycles. The average molecular weight is 156 g/mol. The van der Waals surface area contributed by atoms with Crippen LogP contribution in [0.3, 0.4) is 0 Å². The van der Waals surface area contributed by atoms with Gasteiger partial charge < -0.3 is 20.4 Å². The molecule has 0 saturated heterocycles. The number of rotatable bonds is 2. The molecule has 8 N–H and O–H groups in total.